The molecule has 1 amide bonds. The first-order valence-corrected chi connectivity index (χ1v) is 8.93. The molecule has 2 N–H and O–H groups in total. The van der Waals surface area contributed by atoms with E-state index in [1.165, 1.54) is 0 Å². The van der Waals surface area contributed by atoms with Crippen LogP contribution in [0.2, 0.25) is 0 Å². The number of nitrogens with zero attached hydrogens (tertiary/aromatic N) is 2. The summed E-state index contributed by atoms with van der Waals surface area (Å²) in [5.74, 6) is -0.159. The molecule has 1 fully saturated rings. The average molecular weight is 349 g/mol. The van der Waals surface area contributed by atoms with E-state index >= 15 is 0 Å². The SMILES string of the molecule is O=C(CCc1nnc(-c2ccsc2)o1)NC1CCC(C(=O)O)CC1. The standard InChI is InChI=1S/C16H19N3O4S/c20-13(17-12-3-1-10(2-4-12)16(21)22)5-6-14-18-19-15(23-14)11-7-8-24-9-11/h7-10,12H,1-6H2,(H,17,20)(H,21,22). The van der Waals surface area contributed by atoms with Gasteiger partial charge in [-0.25, -0.2) is 0 Å². The van der Waals surface area contributed by atoms with E-state index < -0.39 is 5.97 Å². The van der Waals surface area contributed by atoms with E-state index in [9.17, 15) is 9.59 Å². The van der Waals surface area contributed by atoms with Gasteiger partial charge in [-0.2, -0.15) is 11.3 Å². The first kappa shape index (κ1) is 16.6. The number of aryl methyl sites for hydroxylation is 1. The Hall–Kier alpha value is -2.22. The van der Waals surface area contributed by atoms with Crippen LogP contribution in [0.1, 0.15) is 38.0 Å². The van der Waals surface area contributed by atoms with Gasteiger partial charge in [0, 0.05) is 29.8 Å². The van der Waals surface area contributed by atoms with Gasteiger partial charge in [-0.1, -0.05) is 0 Å². The number of aromatic nitrogens is 2. The molecular weight excluding hydrogens is 330 g/mol. The smallest absolute Gasteiger partial charge is 0.306 e. The molecule has 0 unspecified atom stereocenters. The molecule has 0 spiro atoms. The van der Waals surface area contributed by atoms with Crippen molar-refractivity contribution in [2.45, 2.75) is 44.6 Å². The number of carbonyl (C=O) groups excluding carboxylic acids is 1. The molecule has 1 aliphatic carbocycles. The third-order valence-corrected chi connectivity index (χ3v) is 4.93. The molecule has 24 heavy (non-hydrogen) atoms. The molecule has 128 valence electrons. The number of hydrogen-bond acceptors (Lipinski definition) is 6. The topological polar surface area (TPSA) is 105 Å². The van der Waals surface area contributed by atoms with Crippen LogP contribution in [0.4, 0.5) is 0 Å². The van der Waals surface area contributed by atoms with Gasteiger partial charge in [0.25, 0.3) is 0 Å². The molecule has 0 bridgehead atoms. The zero-order valence-corrected chi connectivity index (χ0v) is 13.9. The molecule has 1 saturated carbocycles. The van der Waals surface area contributed by atoms with Crippen LogP contribution in [-0.2, 0) is 16.0 Å². The Morgan fingerprint density at radius 1 is 1.29 bits per heavy atom. The summed E-state index contributed by atoms with van der Waals surface area (Å²) in [4.78, 5) is 22.9. The number of carbonyl (C=O) groups is 2. The Kier molecular flexibility index (Phi) is 5.24. The highest BCUT2D eigenvalue weighted by molar-refractivity contribution is 7.08. The van der Waals surface area contributed by atoms with Crippen LogP contribution in [0.5, 0.6) is 0 Å². The summed E-state index contributed by atoms with van der Waals surface area (Å²) in [7, 11) is 0. The zero-order chi connectivity index (χ0) is 16.9. The quantitative estimate of drug-likeness (QED) is 0.830. The van der Waals surface area contributed by atoms with Gasteiger partial charge < -0.3 is 14.8 Å². The normalized spacial score (nSPS) is 20.7. The molecule has 2 aromatic heterocycles. The van der Waals surface area contributed by atoms with Gasteiger partial charge in [-0.05, 0) is 37.1 Å². The van der Waals surface area contributed by atoms with Crippen molar-refractivity contribution >= 4 is 23.2 Å². The minimum atomic E-state index is -0.738. The highest BCUT2D eigenvalue weighted by atomic mass is 32.1. The number of carboxylic acids is 1. The van der Waals surface area contributed by atoms with Crippen LogP contribution >= 0.6 is 11.3 Å². The fourth-order valence-electron chi connectivity index (χ4n) is 2.86. The predicted octanol–water partition coefficient (Wildman–Crippen LogP) is 2.49. The van der Waals surface area contributed by atoms with Crippen LogP contribution in [0.25, 0.3) is 11.5 Å². The lowest BCUT2D eigenvalue weighted by molar-refractivity contribution is -0.142. The van der Waals surface area contributed by atoms with Gasteiger partial charge >= 0.3 is 5.97 Å². The predicted molar refractivity (Wildman–Crippen MR) is 87.5 cm³/mol. The summed E-state index contributed by atoms with van der Waals surface area (Å²) in [6.45, 7) is 0. The Morgan fingerprint density at radius 2 is 2.08 bits per heavy atom. The number of hydrogen-bond donors (Lipinski definition) is 2. The van der Waals surface area contributed by atoms with Gasteiger partial charge in [0.15, 0.2) is 0 Å². The molecule has 8 heteroatoms. The second-order valence-corrected chi connectivity index (χ2v) is 6.75. The number of thiophene rings is 1. The van der Waals surface area contributed by atoms with Gasteiger partial charge in [-0.15, -0.1) is 10.2 Å². The summed E-state index contributed by atoms with van der Waals surface area (Å²) in [5.41, 5.74) is 0.887. The van der Waals surface area contributed by atoms with Gasteiger partial charge in [0.05, 0.1) is 5.92 Å². The highest BCUT2D eigenvalue weighted by Gasteiger charge is 2.26. The lowest BCUT2D eigenvalue weighted by Crippen LogP contribution is -2.38. The number of rotatable bonds is 6. The van der Waals surface area contributed by atoms with Crippen molar-refractivity contribution in [2.75, 3.05) is 0 Å². The van der Waals surface area contributed by atoms with Crippen molar-refractivity contribution in [1.82, 2.24) is 15.5 Å². The lowest BCUT2D eigenvalue weighted by Gasteiger charge is -2.26. The van der Waals surface area contributed by atoms with Crippen LogP contribution in [-0.4, -0.2) is 33.2 Å². The second-order valence-electron chi connectivity index (χ2n) is 5.97. The largest absolute Gasteiger partial charge is 0.481 e. The van der Waals surface area contributed by atoms with Crippen molar-refractivity contribution in [3.63, 3.8) is 0 Å². The lowest BCUT2D eigenvalue weighted by atomic mass is 9.86. The van der Waals surface area contributed by atoms with Gasteiger partial charge in [0.2, 0.25) is 17.7 Å². The molecular formula is C16H19N3O4S. The van der Waals surface area contributed by atoms with Crippen LogP contribution in [0.3, 0.4) is 0 Å². The van der Waals surface area contributed by atoms with Crippen molar-refractivity contribution in [3.8, 4) is 11.5 Å². The van der Waals surface area contributed by atoms with E-state index in [1.54, 1.807) is 11.3 Å². The first-order chi connectivity index (χ1) is 11.6. The van der Waals surface area contributed by atoms with E-state index in [2.05, 4.69) is 15.5 Å². The molecule has 0 atom stereocenters. The molecule has 1 aliphatic rings. The number of nitrogens with one attached hydrogen (secondary N) is 1. The van der Waals surface area contributed by atoms with E-state index in [0.29, 0.717) is 43.9 Å². The third kappa shape index (κ3) is 4.19. The van der Waals surface area contributed by atoms with Gasteiger partial charge in [-0.3, -0.25) is 9.59 Å². The molecule has 0 aromatic carbocycles. The molecule has 0 aliphatic heterocycles. The summed E-state index contributed by atoms with van der Waals surface area (Å²) >= 11 is 1.55. The Balaban J connectivity index is 1.42. The maximum absolute atomic E-state index is 12.0. The average Bonchev–Trinajstić information content (AvgIpc) is 3.25. The van der Waals surface area contributed by atoms with Crippen molar-refractivity contribution in [1.29, 1.82) is 0 Å². The number of carboxylic acid groups (broad SMARTS) is 1. The maximum Gasteiger partial charge on any atom is 0.306 e. The minimum Gasteiger partial charge on any atom is -0.481 e. The molecule has 7 nitrogen and oxygen atoms in total. The second kappa shape index (κ2) is 7.57. The highest BCUT2D eigenvalue weighted by Crippen LogP contribution is 2.24. The molecule has 2 heterocycles. The first-order valence-electron chi connectivity index (χ1n) is 7.99. The summed E-state index contributed by atoms with van der Waals surface area (Å²) in [6.07, 6.45) is 3.34. The Labute approximate surface area is 143 Å². The third-order valence-electron chi connectivity index (χ3n) is 4.24. The fraction of sp³-hybridized carbons (Fsp3) is 0.500. The molecule has 3 rings (SSSR count). The van der Waals surface area contributed by atoms with E-state index in [4.69, 9.17) is 9.52 Å². The fourth-order valence-corrected chi connectivity index (χ4v) is 3.49. The Bertz CT molecular complexity index is 690. The monoisotopic (exact) mass is 349 g/mol. The Morgan fingerprint density at radius 3 is 2.75 bits per heavy atom. The summed E-state index contributed by atoms with van der Waals surface area (Å²) in [6, 6.07) is 1.97. The van der Waals surface area contributed by atoms with Crippen LogP contribution < -0.4 is 5.32 Å². The summed E-state index contributed by atoms with van der Waals surface area (Å²) < 4.78 is 5.55. The maximum atomic E-state index is 12.0. The van der Waals surface area contributed by atoms with Crippen LogP contribution in [0.15, 0.2) is 21.2 Å². The van der Waals surface area contributed by atoms with Gasteiger partial charge in [0.1, 0.15) is 0 Å². The van der Waals surface area contributed by atoms with E-state index in [-0.39, 0.29) is 24.3 Å². The molecule has 0 saturated heterocycles. The van der Waals surface area contributed by atoms with Crippen molar-refractivity contribution < 1.29 is 19.1 Å². The minimum absolute atomic E-state index is 0.0657. The zero-order valence-electron chi connectivity index (χ0n) is 13.1. The van der Waals surface area contributed by atoms with E-state index in [1.807, 2.05) is 16.8 Å². The summed E-state index contributed by atoms with van der Waals surface area (Å²) in [5, 5.41) is 23.7. The molecule has 2 aromatic rings. The number of amides is 1. The van der Waals surface area contributed by atoms with Crippen molar-refractivity contribution in [2.24, 2.45) is 5.92 Å². The van der Waals surface area contributed by atoms with E-state index in [0.717, 1.165) is 5.56 Å². The van der Waals surface area contributed by atoms with Crippen LogP contribution in [0, 0.1) is 5.92 Å². The molecule has 0 radical (unpaired) electrons. The van der Waals surface area contributed by atoms with Crippen molar-refractivity contribution in [3.05, 3.63) is 22.7 Å². The number of aliphatic carboxylic acids is 1.